The van der Waals surface area contributed by atoms with Gasteiger partial charge >= 0.3 is 0 Å². The van der Waals surface area contributed by atoms with Crippen LogP contribution in [0.15, 0.2) is 79.5 Å². The van der Waals surface area contributed by atoms with Gasteiger partial charge in [-0.05, 0) is 41.0 Å². The molecule has 4 aromatic rings. The van der Waals surface area contributed by atoms with E-state index in [1.165, 1.54) is 0 Å². The number of nitrogens with zero attached hydrogens (tertiary/aromatic N) is 1. The number of rotatable bonds is 6. The third kappa shape index (κ3) is 4.18. The second-order valence-electron chi connectivity index (χ2n) is 6.58. The highest BCUT2D eigenvalue weighted by Crippen LogP contribution is 2.37. The van der Waals surface area contributed by atoms with E-state index in [4.69, 9.17) is 16.3 Å². The van der Waals surface area contributed by atoms with Crippen LogP contribution in [0.3, 0.4) is 0 Å². The zero-order valence-electron chi connectivity index (χ0n) is 15.6. The third-order valence-electron chi connectivity index (χ3n) is 4.65. The van der Waals surface area contributed by atoms with Gasteiger partial charge in [0.25, 0.3) is 0 Å². The average molecular weight is 403 g/mol. The number of hydrogen-bond donors (Lipinski definition) is 2. The Balaban J connectivity index is 1.54. The van der Waals surface area contributed by atoms with Crippen LogP contribution in [0.2, 0.25) is 5.02 Å². The van der Waals surface area contributed by atoms with Gasteiger partial charge < -0.3 is 9.84 Å². The standard InChI is InChI=1S/C24H19ClN2O2/c1-2-16-3-5-17(6-4-16)15-29-20-11-12-21(23(28)13-20)24-22(14-26-27-24)18-7-9-19(25)10-8-18/h2-14,28H,1,15H2,(H,26,27). The number of nitrogens with one attached hydrogen (secondary N) is 1. The molecule has 1 heterocycles. The van der Waals surface area contributed by atoms with Crippen molar-refractivity contribution in [2.45, 2.75) is 6.61 Å². The molecule has 0 unspecified atom stereocenters. The van der Waals surface area contributed by atoms with Crippen LogP contribution >= 0.6 is 11.6 Å². The molecule has 0 radical (unpaired) electrons. The number of aromatic hydroxyl groups is 1. The van der Waals surface area contributed by atoms with Gasteiger partial charge in [0.05, 0.1) is 11.9 Å². The SMILES string of the molecule is C=Cc1ccc(COc2ccc(-c3[nH]ncc3-c3ccc(Cl)cc3)c(O)c2)cc1. The highest BCUT2D eigenvalue weighted by Gasteiger charge is 2.14. The summed E-state index contributed by atoms with van der Waals surface area (Å²) >= 11 is 5.98. The van der Waals surface area contributed by atoms with Gasteiger partial charge in [-0.3, -0.25) is 5.10 Å². The van der Waals surface area contributed by atoms with E-state index in [1.54, 1.807) is 18.3 Å². The Hall–Kier alpha value is -3.50. The largest absolute Gasteiger partial charge is 0.507 e. The summed E-state index contributed by atoms with van der Waals surface area (Å²) in [5.74, 6) is 0.704. The topological polar surface area (TPSA) is 58.1 Å². The minimum absolute atomic E-state index is 0.115. The van der Waals surface area contributed by atoms with E-state index in [2.05, 4.69) is 16.8 Å². The maximum atomic E-state index is 10.6. The number of aromatic amines is 1. The summed E-state index contributed by atoms with van der Waals surface area (Å²) in [7, 11) is 0. The second-order valence-corrected chi connectivity index (χ2v) is 7.02. The van der Waals surface area contributed by atoms with E-state index in [0.29, 0.717) is 22.9 Å². The molecule has 0 atom stereocenters. The van der Waals surface area contributed by atoms with Crippen molar-refractivity contribution >= 4 is 17.7 Å². The number of phenolic OH excluding ortho intramolecular Hbond substituents is 1. The van der Waals surface area contributed by atoms with Crippen LogP contribution in [0.1, 0.15) is 11.1 Å². The molecule has 2 N–H and O–H groups in total. The van der Waals surface area contributed by atoms with Gasteiger partial charge in [0.1, 0.15) is 18.1 Å². The van der Waals surface area contributed by atoms with E-state index in [9.17, 15) is 5.11 Å². The molecule has 0 saturated carbocycles. The fraction of sp³-hybridized carbons (Fsp3) is 0.0417. The van der Waals surface area contributed by atoms with Gasteiger partial charge in [0, 0.05) is 22.2 Å². The van der Waals surface area contributed by atoms with E-state index in [0.717, 1.165) is 27.9 Å². The fourth-order valence-electron chi connectivity index (χ4n) is 3.07. The number of H-pyrrole nitrogens is 1. The van der Waals surface area contributed by atoms with E-state index in [1.807, 2.05) is 60.7 Å². The van der Waals surface area contributed by atoms with Crippen molar-refractivity contribution in [3.05, 3.63) is 95.7 Å². The maximum Gasteiger partial charge on any atom is 0.128 e. The molecule has 0 aliphatic rings. The maximum absolute atomic E-state index is 10.6. The summed E-state index contributed by atoms with van der Waals surface area (Å²) in [5.41, 5.74) is 5.32. The summed E-state index contributed by atoms with van der Waals surface area (Å²) in [5, 5.41) is 18.4. The van der Waals surface area contributed by atoms with Gasteiger partial charge in [-0.25, -0.2) is 0 Å². The first kappa shape index (κ1) is 18.8. The van der Waals surface area contributed by atoms with Crippen molar-refractivity contribution in [3.8, 4) is 33.9 Å². The quantitative estimate of drug-likeness (QED) is 0.396. The molecule has 0 spiro atoms. The minimum atomic E-state index is 0.115. The molecule has 3 aromatic carbocycles. The monoisotopic (exact) mass is 402 g/mol. The van der Waals surface area contributed by atoms with Gasteiger partial charge in [-0.2, -0.15) is 5.10 Å². The first-order chi connectivity index (χ1) is 14.1. The van der Waals surface area contributed by atoms with Crippen LogP contribution in [0.5, 0.6) is 11.5 Å². The first-order valence-electron chi connectivity index (χ1n) is 9.11. The molecule has 144 valence electrons. The lowest BCUT2D eigenvalue weighted by atomic mass is 10.0. The number of benzene rings is 3. The Labute approximate surface area is 174 Å². The minimum Gasteiger partial charge on any atom is -0.507 e. The van der Waals surface area contributed by atoms with Crippen LogP contribution in [-0.2, 0) is 6.61 Å². The van der Waals surface area contributed by atoms with Gasteiger partial charge in [-0.1, -0.05) is 60.7 Å². The Morgan fingerprint density at radius 2 is 1.76 bits per heavy atom. The molecule has 0 aliphatic carbocycles. The Bertz CT molecular complexity index is 1130. The van der Waals surface area contributed by atoms with Crippen molar-refractivity contribution in [1.82, 2.24) is 10.2 Å². The van der Waals surface area contributed by atoms with Crippen molar-refractivity contribution in [1.29, 1.82) is 0 Å². The number of aromatic nitrogens is 2. The van der Waals surface area contributed by atoms with Crippen molar-refractivity contribution in [3.63, 3.8) is 0 Å². The van der Waals surface area contributed by atoms with Crippen LogP contribution in [0.25, 0.3) is 28.5 Å². The highest BCUT2D eigenvalue weighted by atomic mass is 35.5. The van der Waals surface area contributed by atoms with Gasteiger partial charge in [0.2, 0.25) is 0 Å². The van der Waals surface area contributed by atoms with Crippen LogP contribution in [0, 0.1) is 0 Å². The Kier molecular flexibility index (Phi) is 5.36. The molecule has 5 heteroatoms. The van der Waals surface area contributed by atoms with Crippen LogP contribution in [-0.4, -0.2) is 15.3 Å². The zero-order valence-corrected chi connectivity index (χ0v) is 16.4. The normalized spacial score (nSPS) is 10.7. The third-order valence-corrected chi connectivity index (χ3v) is 4.91. The fourth-order valence-corrected chi connectivity index (χ4v) is 3.20. The van der Waals surface area contributed by atoms with Crippen LogP contribution < -0.4 is 4.74 Å². The summed E-state index contributed by atoms with van der Waals surface area (Å²) in [6, 6.07) is 20.7. The molecule has 0 bridgehead atoms. The lowest BCUT2D eigenvalue weighted by Crippen LogP contribution is -1.95. The van der Waals surface area contributed by atoms with Crippen molar-refractivity contribution < 1.29 is 9.84 Å². The predicted molar refractivity (Wildman–Crippen MR) is 117 cm³/mol. The zero-order chi connectivity index (χ0) is 20.2. The summed E-state index contributed by atoms with van der Waals surface area (Å²) in [6.07, 6.45) is 3.53. The molecule has 0 aliphatic heterocycles. The Morgan fingerprint density at radius 3 is 2.45 bits per heavy atom. The highest BCUT2D eigenvalue weighted by molar-refractivity contribution is 6.30. The van der Waals surface area contributed by atoms with Crippen molar-refractivity contribution in [2.24, 2.45) is 0 Å². The first-order valence-corrected chi connectivity index (χ1v) is 9.49. The lowest BCUT2D eigenvalue weighted by molar-refractivity contribution is 0.304. The summed E-state index contributed by atoms with van der Waals surface area (Å²) in [4.78, 5) is 0. The smallest absolute Gasteiger partial charge is 0.128 e. The number of halogens is 1. The Morgan fingerprint density at radius 1 is 1.00 bits per heavy atom. The summed E-state index contributed by atoms with van der Waals surface area (Å²) in [6.45, 7) is 4.16. The number of ether oxygens (including phenoxy) is 1. The molecule has 29 heavy (non-hydrogen) atoms. The molecular weight excluding hydrogens is 384 g/mol. The molecule has 0 saturated heterocycles. The molecule has 4 rings (SSSR count). The van der Waals surface area contributed by atoms with Crippen LogP contribution in [0.4, 0.5) is 0 Å². The molecular formula is C24H19ClN2O2. The van der Waals surface area contributed by atoms with Gasteiger partial charge in [0.15, 0.2) is 0 Å². The molecule has 4 nitrogen and oxygen atoms in total. The average Bonchev–Trinajstić information content (AvgIpc) is 3.23. The second kappa shape index (κ2) is 8.25. The molecule has 1 aromatic heterocycles. The predicted octanol–water partition coefficient (Wildman–Crippen LogP) is 6.32. The van der Waals surface area contributed by atoms with Gasteiger partial charge in [-0.15, -0.1) is 0 Å². The van der Waals surface area contributed by atoms with E-state index >= 15 is 0 Å². The number of hydrogen-bond acceptors (Lipinski definition) is 3. The van der Waals surface area contributed by atoms with Crippen molar-refractivity contribution in [2.75, 3.05) is 0 Å². The lowest BCUT2D eigenvalue weighted by Gasteiger charge is -2.10. The molecule has 0 amide bonds. The summed E-state index contributed by atoms with van der Waals surface area (Å²) < 4.78 is 5.82. The van der Waals surface area contributed by atoms with E-state index < -0.39 is 0 Å². The molecule has 0 fully saturated rings. The number of phenols is 1. The van der Waals surface area contributed by atoms with E-state index in [-0.39, 0.29) is 5.75 Å².